The van der Waals surface area contributed by atoms with Crippen molar-refractivity contribution in [3.8, 4) is 0 Å². The van der Waals surface area contributed by atoms with E-state index < -0.39 is 0 Å². The van der Waals surface area contributed by atoms with E-state index in [2.05, 4.69) is 34.7 Å². The van der Waals surface area contributed by atoms with E-state index in [1.807, 2.05) is 0 Å². The zero-order chi connectivity index (χ0) is 11.3. The lowest BCUT2D eigenvalue weighted by molar-refractivity contribution is -0.135. The normalized spacial score (nSPS) is 26.7. The first-order chi connectivity index (χ1) is 7.16. The largest absolute Gasteiger partial charge is 0.340 e. The van der Waals surface area contributed by atoms with Crippen LogP contribution in [-0.4, -0.2) is 28.7 Å². The number of likely N-dealkylation sites (tertiary alicyclic amines) is 1. The predicted octanol–water partition coefficient (Wildman–Crippen LogP) is 3.20. The van der Waals surface area contributed by atoms with Crippen LogP contribution >= 0.6 is 15.9 Å². The molecule has 1 heterocycles. The van der Waals surface area contributed by atoms with E-state index in [-0.39, 0.29) is 0 Å². The molecule has 2 nitrogen and oxygen atoms in total. The minimum Gasteiger partial charge on any atom is -0.340 e. The lowest BCUT2D eigenvalue weighted by atomic mass is 9.92. The molecule has 1 fully saturated rings. The highest BCUT2D eigenvalue weighted by Gasteiger charge is 2.27. The van der Waals surface area contributed by atoms with Crippen molar-refractivity contribution in [2.75, 3.05) is 11.9 Å². The molecular formula is C12H22BrNO. The highest BCUT2D eigenvalue weighted by Crippen LogP contribution is 2.23. The molecule has 1 saturated heterocycles. The summed E-state index contributed by atoms with van der Waals surface area (Å²) in [6.45, 7) is 5.41. The zero-order valence-corrected chi connectivity index (χ0v) is 11.4. The minimum atomic E-state index is 0.356. The zero-order valence-electron chi connectivity index (χ0n) is 9.84. The fourth-order valence-electron chi connectivity index (χ4n) is 2.20. The molecule has 2 atom stereocenters. The number of carbonyl (C=O) groups excluding carboxylic acids is 1. The van der Waals surface area contributed by atoms with Crippen LogP contribution in [0, 0.1) is 5.92 Å². The van der Waals surface area contributed by atoms with Crippen molar-refractivity contribution in [3.05, 3.63) is 0 Å². The van der Waals surface area contributed by atoms with Crippen LogP contribution in [0.5, 0.6) is 0 Å². The molecule has 1 aliphatic heterocycles. The molecule has 1 aliphatic rings. The maximum atomic E-state index is 11.9. The predicted molar refractivity (Wildman–Crippen MR) is 67.2 cm³/mol. The smallest absolute Gasteiger partial charge is 0.222 e. The Hall–Kier alpha value is -0.0500. The maximum Gasteiger partial charge on any atom is 0.222 e. The lowest BCUT2D eigenvalue weighted by Gasteiger charge is -2.38. The SMILES string of the molecule is CC1CCCN(C(=O)CCCCBr)C1C. The summed E-state index contributed by atoms with van der Waals surface area (Å²) in [5.41, 5.74) is 0. The number of amides is 1. The molecule has 0 spiro atoms. The Morgan fingerprint density at radius 1 is 1.40 bits per heavy atom. The van der Waals surface area contributed by atoms with Crippen LogP contribution < -0.4 is 0 Å². The molecule has 1 amide bonds. The Kier molecular flexibility index (Phi) is 5.65. The van der Waals surface area contributed by atoms with Crippen molar-refractivity contribution in [2.24, 2.45) is 5.92 Å². The third-order valence-corrected chi connectivity index (χ3v) is 4.03. The second kappa shape index (κ2) is 6.51. The van der Waals surface area contributed by atoms with Gasteiger partial charge in [0.15, 0.2) is 0 Å². The highest BCUT2D eigenvalue weighted by molar-refractivity contribution is 9.09. The summed E-state index contributed by atoms with van der Waals surface area (Å²) >= 11 is 3.39. The van der Waals surface area contributed by atoms with Gasteiger partial charge in [0.25, 0.3) is 0 Å². The van der Waals surface area contributed by atoms with E-state index in [0.29, 0.717) is 17.9 Å². The average Bonchev–Trinajstić information content (AvgIpc) is 2.22. The molecule has 0 radical (unpaired) electrons. The first-order valence-corrected chi connectivity index (χ1v) is 7.14. The molecule has 0 aliphatic carbocycles. The van der Waals surface area contributed by atoms with Crippen molar-refractivity contribution in [2.45, 2.75) is 52.0 Å². The quantitative estimate of drug-likeness (QED) is 0.570. The molecule has 0 aromatic carbocycles. The van der Waals surface area contributed by atoms with Gasteiger partial charge in [-0.25, -0.2) is 0 Å². The van der Waals surface area contributed by atoms with Crippen LogP contribution in [0.15, 0.2) is 0 Å². The van der Waals surface area contributed by atoms with Gasteiger partial charge in [0.1, 0.15) is 0 Å². The van der Waals surface area contributed by atoms with Gasteiger partial charge in [-0.1, -0.05) is 22.9 Å². The Balaban J connectivity index is 2.37. The fourth-order valence-corrected chi connectivity index (χ4v) is 2.60. The molecule has 3 heteroatoms. The average molecular weight is 276 g/mol. The van der Waals surface area contributed by atoms with Gasteiger partial charge in [0.2, 0.25) is 5.91 Å². The number of alkyl halides is 1. The van der Waals surface area contributed by atoms with E-state index in [1.165, 1.54) is 12.8 Å². The molecule has 0 saturated carbocycles. The van der Waals surface area contributed by atoms with Crippen molar-refractivity contribution in [3.63, 3.8) is 0 Å². The Morgan fingerprint density at radius 3 is 2.80 bits per heavy atom. The monoisotopic (exact) mass is 275 g/mol. The van der Waals surface area contributed by atoms with Gasteiger partial charge in [0.05, 0.1) is 0 Å². The van der Waals surface area contributed by atoms with Crippen molar-refractivity contribution >= 4 is 21.8 Å². The maximum absolute atomic E-state index is 11.9. The van der Waals surface area contributed by atoms with Crippen LogP contribution in [-0.2, 0) is 4.79 Å². The second-order valence-corrected chi connectivity index (χ2v) is 5.39. The Labute approximate surface area is 102 Å². The summed E-state index contributed by atoms with van der Waals surface area (Å²) in [5, 5.41) is 1.01. The number of unbranched alkanes of at least 4 members (excludes halogenated alkanes) is 1. The van der Waals surface area contributed by atoms with Crippen molar-refractivity contribution < 1.29 is 4.79 Å². The van der Waals surface area contributed by atoms with Crippen LogP contribution in [0.4, 0.5) is 0 Å². The fraction of sp³-hybridized carbons (Fsp3) is 0.917. The second-order valence-electron chi connectivity index (χ2n) is 4.59. The number of halogens is 1. The summed E-state index contributed by atoms with van der Waals surface area (Å²) in [7, 11) is 0. The molecule has 88 valence electrons. The lowest BCUT2D eigenvalue weighted by Crippen LogP contribution is -2.45. The molecule has 1 rings (SSSR count). The summed E-state index contributed by atoms with van der Waals surface area (Å²) < 4.78 is 0. The molecule has 2 unspecified atom stereocenters. The molecule has 0 aromatic heterocycles. The van der Waals surface area contributed by atoms with Gasteiger partial charge in [0, 0.05) is 24.3 Å². The summed E-state index contributed by atoms with van der Waals surface area (Å²) in [5.74, 6) is 1.02. The summed E-state index contributed by atoms with van der Waals surface area (Å²) in [6, 6.07) is 0.440. The van der Waals surface area contributed by atoms with Gasteiger partial charge in [-0.2, -0.15) is 0 Å². The Bertz CT molecular complexity index is 208. The number of piperidine rings is 1. The van der Waals surface area contributed by atoms with Crippen LogP contribution in [0.1, 0.15) is 46.0 Å². The molecule has 0 aromatic rings. The standard InChI is InChI=1S/C12H22BrNO/c1-10-6-5-9-14(11(10)2)12(15)7-3-4-8-13/h10-11H,3-9H2,1-2H3. The number of nitrogens with zero attached hydrogens (tertiary/aromatic N) is 1. The third-order valence-electron chi connectivity index (χ3n) is 3.47. The number of hydrogen-bond acceptors (Lipinski definition) is 1. The van der Waals surface area contributed by atoms with E-state index in [9.17, 15) is 4.79 Å². The van der Waals surface area contributed by atoms with Crippen molar-refractivity contribution in [1.29, 1.82) is 0 Å². The molecule has 15 heavy (non-hydrogen) atoms. The molecule has 0 bridgehead atoms. The third kappa shape index (κ3) is 3.78. The number of hydrogen-bond donors (Lipinski definition) is 0. The Morgan fingerprint density at radius 2 is 2.13 bits per heavy atom. The van der Waals surface area contributed by atoms with Gasteiger partial charge >= 0.3 is 0 Å². The van der Waals surface area contributed by atoms with E-state index in [1.54, 1.807) is 0 Å². The first-order valence-electron chi connectivity index (χ1n) is 6.02. The summed E-state index contributed by atoms with van der Waals surface area (Å²) in [4.78, 5) is 14.0. The van der Waals surface area contributed by atoms with E-state index in [0.717, 1.165) is 31.1 Å². The van der Waals surface area contributed by atoms with E-state index in [4.69, 9.17) is 0 Å². The van der Waals surface area contributed by atoms with Crippen LogP contribution in [0.2, 0.25) is 0 Å². The number of rotatable bonds is 4. The topological polar surface area (TPSA) is 20.3 Å². The number of carbonyl (C=O) groups is 1. The van der Waals surface area contributed by atoms with Crippen LogP contribution in [0.25, 0.3) is 0 Å². The highest BCUT2D eigenvalue weighted by atomic mass is 79.9. The van der Waals surface area contributed by atoms with Gasteiger partial charge < -0.3 is 4.90 Å². The minimum absolute atomic E-state index is 0.356. The van der Waals surface area contributed by atoms with Crippen molar-refractivity contribution in [1.82, 2.24) is 4.90 Å². The van der Waals surface area contributed by atoms with Gasteiger partial charge in [-0.05, 0) is 38.5 Å². The first kappa shape index (κ1) is 13.0. The van der Waals surface area contributed by atoms with Gasteiger partial charge in [-0.15, -0.1) is 0 Å². The van der Waals surface area contributed by atoms with Crippen LogP contribution in [0.3, 0.4) is 0 Å². The van der Waals surface area contributed by atoms with E-state index >= 15 is 0 Å². The summed E-state index contributed by atoms with van der Waals surface area (Å²) in [6.07, 6.45) is 5.29. The van der Waals surface area contributed by atoms with Gasteiger partial charge in [-0.3, -0.25) is 4.79 Å². The molecular weight excluding hydrogens is 254 g/mol. The molecule has 0 N–H and O–H groups in total.